The molecule has 1 atom stereocenters. The highest BCUT2D eigenvalue weighted by atomic mass is 32.2. The van der Waals surface area contributed by atoms with Crippen LogP contribution in [0.15, 0.2) is 78.2 Å². The van der Waals surface area contributed by atoms with Crippen molar-refractivity contribution in [3.63, 3.8) is 0 Å². The number of thiophene rings is 1. The zero-order chi connectivity index (χ0) is 18.7. The predicted molar refractivity (Wildman–Crippen MR) is 115 cm³/mol. The Morgan fingerprint density at radius 1 is 1.00 bits per heavy atom. The van der Waals surface area contributed by atoms with Crippen molar-refractivity contribution in [3.8, 4) is 0 Å². The van der Waals surface area contributed by atoms with Crippen molar-refractivity contribution in [1.82, 2.24) is 5.32 Å². The summed E-state index contributed by atoms with van der Waals surface area (Å²) in [5.74, 6) is 2.00. The number of carbonyl (C=O) groups is 1. The monoisotopic (exact) mass is 397 g/mol. The first-order valence-corrected chi connectivity index (χ1v) is 11.2. The van der Waals surface area contributed by atoms with Crippen LogP contribution in [0.5, 0.6) is 0 Å². The molecule has 1 heterocycles. The van der Waals surface area contributed by atoms with E-state index in [0.717, 1.165) is 11.5 Å². The van der Waals surface area contributed by atoms with Crippen LogP contribution in [0.3, 0.4) is 0 Å². The van der Waals surface area contributed by atoms with E-state index in [1.165, 1.54) is 16.0 Å². The molecule has 1 amide bonds. The third kappa shape index (κ3) is 6.54. The van der Waals surface area contributed by atoms with Gasteiger partial charge in [-0.1, -0.05) is 66.7 Å². The van der Waals surface area contributed by atoms with Crippen LogP contribution < -0.4 is 10.6 Å². The molecule has 0 aliphatic heterocycles. The van der Waals surface area contributed by atoms with Gasteiger partial charge in [0, 0.05) is 23.6 Å². The molecule has 0 aliphatic rings. The number of hydrogen-bond donors (Lipinski definition) is 2. The van der Waals surface area contributed by atoms with Gasteiger partial charge in [0.2, 0.25) is 0 Å². The van der Waals surface area contributed by atoms with Gasteiger partial charge in [-0.25, -0.2) is 0 Å². The normalized spacial score (nSPS) is 11.9. The molecule has 0 saturated carbocycles. The molecular formula is C22H25N2OS2+. The SMILES string of the molecule is O=C(C[NH2+][C@@H](c1ccccc1)c1cccs1)NCCSCc1ccccc1. The molecule has 0 unspecified atom stereocenters. The molecule has 140 valence electrons. The Balaban J connectivity index is 1.40. The van der Waals surface area contributed by atoms with Gasteiger partial charge in [-0.15, -0.1) is 11.3 Å². The van der Waals surface area contributed by atoms with Gasteiger partial charge in [0.1, 0.15) is 6.04 Å². The van der Waals surface area contributed by atoms with Crippen LogP contribution >= 0.6 is 23.1 Å². The predicted octanol–water partition coefficient (Wildman–Crippen LogP) is 3.45. The third-order valence-corrected chi connectivity index (χ3v) is 6.21. The largest absolute Gasteiger partial charge is 0.350 e. The third-order valence-electron chi connectivity index (χ3n) is 4.23. The van der Waals surface area contributed by atoms with Gasteiger partial charge in [0.05, 0.1) is 4.88 Å². The van der Waals surface area contributed by atoms with Crippen LogP contribution in [-0.2, 0) is 10.5 Å². The van der Waals surface area contributed by atoms with Crippen molar-refractivity contribution >= 4 is 29.0 Å². The quantitative estimate of drug-likeness (QED) is 0.515. The summed E-state index contributed by atoms with van der Waals surface area (Å²) in [4.78, 5) is 13.5. The molecule has 3 N–H and O–H groups in total. The van der Waals surface area contributed by atoms with Crippen molar-refractivity contribution < 1.29 is 10.1 Å². The summed E-state index contributed by atoms with van der Waals surface area (Å²) < 4.78 is 0. The lowest BCUT2D eigenvalue weighted by Crippen LogP contribution is -2.87. The second-order valence-electron chi connectivity index (χ2n) is 6.23. The molecule has 0 saturated heterocycles. The Hall–Kier alpha value is -2.08. The molecule has 0 radical (unpaired) electrons. The number of nitrogens with two attached hydrogens (primary N) is 1. The van der Waals surface area contributed by atoms with Crippen molar-refractivity contribution in [2.24, 2.45) is 0 Å². The van der Waals surface area contributed by atoms with Crippen LogP contribution in [0.4, 0.5) is 0 Å². The van der Waals surface area contributed by atoms with Crippen LogP contribution in [0.2, 0.25) is 0 Å². The maximum atomic E-state index is 12.2. The average molecular weight is 398 g/mol. The summed E-state index contributed by atoms with van der Waals surface area (Å²) in [7, 11) is 0. The molecule has 5 heteroatoms. The van der Waals surface area contributed by atoms with Crippen molar-refractivity contribution in [2.45, 2.75) is 11.8 Å². The molecule has 1 aromatic heterocycles. The summed E-state index contributed by atoms with van der Waals surface area (Å²) in [6.45, 7) is 1.14. The van der Waals surface area contributed by atoms with E-state index in [9.17, 15) is 4.79 Å². The molecule has 2 aromatic carbocycles. The fourth-order valence-electron chi connectivity index (χ4n) is 2.87. The first-order valence-electron chi connectivity index (χ1n) is 9.13. The standard InChI is InChI=1S/C22H24N2OS2/c25-21(23-13-15-26-17-18-8-3-1-4-9-18)16-24-22(20-12-7-14-27-20)19-10-5-2-6-11-19/h1-12,14,22,24H,13,15-17H2,(H,23,25)/p+1/t22-/m0/s1. The average Bonchev–Trinajstić information content (AvgIpc) is 3.24. The second-order valence-corrected chi connectivity index (χ2v) is 8.32. The van der Waals surface area contributed by atoms with Crippen molar-refractivity contribution in [3.05, 3.63) is 94.2 Å². The lowest BCUT2D eigenvalue weighted by molar-refractivity contribution is -0.676. The minimum Gasteiger partial charge on any atom is -0.350 e. The lowest BCUT2D eigenvalue weighted by atomic mass is 10.1. The van der Waals surface area contributed by atoms with Crippen LogP contribution in [0.25, 0.3) is 0 Å². The minimum atomic E-state index is 0.0906. The van der Waals surface area contributed by atoms with E-state index in [4.69, 9.17) is 0 Å². The summed E-state index contributed by atoms with van der Waals surface area (Å²) >= 11 is 3.58. The number of rotatable bonds is 10. The molecule has 0 bridgehead atoms. The number of thioether (sulfide) groups is 1. The van der Waals surface area contributed by atoms with E-state index in [1.54, 1.807) is 11.3 Å². The zero-order valence-electron chi connectivity index (χ0n) is 15.2. The summed E-state index contributed by atoms with van der Waals surface area (Å²) in [5.41, 5.74) is 2.55. The van der Waals surface area contributed by atoms with Crippen LogP contribution in [0, 0.1) is 0 Å². The van der Waals surface area contributed by atoms with Gasteiger partial charge < -0.3 is 10.6 Å². The highest BCUT2D eigenvalue weighted by Crippen LogP contribution is 2.22. The van der Waals surface area contributed by atoms with Gasteiger partial charge in [0.25, 0.3) is 5.91 Å². The second kappa shape index (κ2) is 10.9. The Kier molecular flexibility index (Phi) is 7.96. The Morgan fingerprint density at radius 2 is 1.74 bits per heavy atom. The fraction of sp³-hybridized carbons (Fsp3) is 0.227. The van der Waals surface area contributed by atoms with E-state index in [1.807, 2.05) is 36.0 Å². The van der Waals surface area contributed by atoms with Crippen molar-refractivity contribution in [1.29, 1.82) is 0 Å². The highest BCUT2D eigenvalue weighted by Gasteiger charge is 2.19. The van der Waals surface area contributed by atoms with E-state index in [0.29, 0.717) is 13.1 Å². The number of hydrogen-bond acceptors (Lipinski definition) is 3. The smallest absolute Gasteiger partial charge is 0.275 e. The molecule has 3 nitrogen and oxygen atoms in total. The van der Waals surface area contributed by atoms with E-state index in [2.05, 4.69) is 64.5 Å². The maximum absolute atomic E-state index is 12.2. The van der Waals surface area contributed by atoms with Gasteiger partial charge in [-0.05, 0) is 17.0 Å². The number of quaternary nitrogens is 1. The van der Waals surface area contributed by atoms with Gasteiger partial charge in [0.15, 0.2) is 6.54 Å². The summed E-state index contributed by atoms with van der Waals surface area (Å²) in [6, 6.07) is 25.2. The first kappa shape index (κ1) is 19.7. The Morgan fingerprint density at radius 3 is 2.44 bits per heavy atom. The Labute approximate surface area is 169 Å². The summed E-state index contributed by atoms with van der Waals surface area (Å²) in [5, 5.41) is 7.24. The lowest BCUT2D eigenvalue weighted by Gasteiger charge is -2.14. The molecule has 3 aromatic rings. The van der Waals surface area contributed by atoms with Crippen LogP contribution in [-0.4, -0.2) is 24.7 Å². The number of benzene rings is 2. The minimum absolute atomic E-state index is 0.0906. The molecule has 3 rings (SSSR count). The van der Waals surface area contributed by atoms with Gasteiger partial charge in [-0.2, -0.15) is 11.8 Å². The van der Waals surface area contributed by atoms with E-state index in [-0.39, 0.29) is 11.9 Å². The first-order chi connectivity index (χ1) is 13.3. The Bertz CT molecular complexity index is 792. The number of nitrogens with one attached hydrogen (secondary N) is 1. The van der Waals surface area contributed by atoms with E-state index < -0.39 is 0 Å². The number of amides is 1. The van der Waals surface area contributed by atoms with E-state index >= 15 is 0 Å². The van der Waals surface area contributed by atoms with Gasteiger partial charge in [-0.3, -0.25) is 4.79 Å². The zero-order valence-corrected chi connectivity index (χ0v) is 16.8. The molecular weight excluding hydrogens is 372 g/mol. The molecule has 27 heavy (non-hydrogen) atoms. The number of carbonyl (C=O) groups excluding carboxylic acids is 1. The molecule has 0 spiro atoms. The van der Waals surface area contributed by atoms with Gasteiger partial charge >= 0.3 is 0 Å². The molecule has 0 fully saturated rings. The maximum Gasteiger partial charge on any atom is 0.275 e. The fourth-order valence-corrected chi connectivity index (χ4v) is 4.54. The highest BCUT2D eigenvalue weighted by molar-refractivity contribution is 7.98. The summed E-state index contributed by atoms with van der Waals surface area (Å²) in [6.07, 6.45) is 0. The molecule has 0 aliphatic carbocycles. The van der Waals surface area contributed by atoms with Crippen LogP contribution in [0.1, 0.15) is 22.0 Å². The van der Waals surface area contributed by atoms with Crippen molar-refractivity contribution in [2.75, 3.05) is 18.8 Å². The topological polar surface area (TPSA) is 45.7 Å².